The first-order chi connectivity index (χ1) is 10.0. The maximum Gasteiger partial charge on any atom is 0.319 e. The summed E-state index contributed by atoms with van der Waals surface area (Å²) in [5, 5.41) is 8.35. The highest BCUT2D eigenvalue weighted by atomic mass is 16.2. The van der Waals surface area contributed by atoms with Crippen LogP contribution in [0.5, 0.6) is 0 Å². The maximum atomic E-state index is 12.0. The Labute approximate surface area is 125 Å². The van der Waals surface area contributed by atoms with E-state index in [1.807, 2.05) is 31.2 Å². The van der Waals surface area contributed by atoms with Crippen molar-refractivity contribution in [1.82, 2.24) is 10.6 Å². The third kappa shape index (κ3) is 4.77. The van der Waals surface area contributed by atoms with E-state index in [4.69, 9.17) is 0 Å². The first kappa shape index (κ1) is 15.4. The van der Waals surface area contributed by atoms with Crippen LogP contribution in [0, 0.1) is 6.92 Å². The zero-order chi connectivity index (χ0) is 15.2. The van der Waals surface area contributed by atoms with E-state index in [2.05, 4.69) is 16.0 Å². The zero-order valence-electron chi connectivity index (χ0n) is 12.6. The molecule has 1 aliphatic carbocycles. The van der Waals surface area contributed by atoms with E-state index in [0.29, 0.717) is 5.69 Å². The van der Waals surface area contributed by atoms with E-state index >= 15 is 0 Å². The first-order valence-electron chi connectivity index (χ1n) is 7.49. The van der Waals surface area contributed by atoms with Crippen LogP contribution in [-0.4, -0.2) is 24.0 Å². The molecule has 1 aliphatic rings. The standard InChI is InChI=1S/C16H23N3O2/c1-11-7-9-14(10-8-11)19-16(21)17-12(2)15(20)18-13-5-3-4-6-13/h7-10,12-13H,3-6H2,1-2H3,(H,18,20)(H2,17,19,21). The lowest BCUT2D eigenvalue weighted by Crippen LogP contribution is -2.48. The first-order valence-corrected chi connectivity index (χ1v) is 7.49. The molecule has 21 heavy (non-hydrogen) atoms. The number of aryl methyl sites for hydroxylation is 1. The van der Waals surface area contributed by atoms with Crippen molar-refractivity contribution >= 4 is 17.6 Å². The van der Waals surface area contributed by atoms with Crippen molar-refractivity contribution in [3.8, 4) is 0 Å². The fourth-order valence-corrected chi connectivity index (χ4v) is 2.46. The second kappa shape index (κ2) is 7.11. The minimum Gasteiger partial charge on any atom is -0.352 e. The molecular weight excluding hydrogens is 266 g/mol. The maximum absolute atomic E-state index is 12.0. The summed E-state index contributed by atoms with van der Waals surface area (Å²) in [6.45, 7) is 3.68. The molecule has 0 radical (unpaired) electrons. The Bertz CT molecular complexity index is 493. The fraction of sp³-hybridized carbons (Fsp3) is 0.500. The molecule has 1 aromatic carbocycles. The van der Waals surface area contributed by atoms with Crippen LogP contribution in [0.25, 0.3) is 0 Å². The van der Waals surface area contributed by atoms with Crippen molar-refractivity contribution in [3.63, 3.8) is 0 Å². The van der Waals surface area contributed by atoms with Crippen LogP contribution in [0.4, 0.5) is 10.5 Å². The van der Waals surface area contributed by atoms with Crippen LogP contribution in [-0.2, 0) is 4.79 Å². The number of nitrogens with one attached hydrogen (secondary N) is 3. The van der Waals surface area contributed by atoms with Gasteiger partial charge in [0.1, 0.15) is 6.04 Å². The lowest BCUT2D eigenvalue weighted by Gasteiger charge is -2.18. The van der Waals surface area contributed by atoms with Gasteiger partial charge in [-0.05, 0) is 38.8 Å². The van der Waals surface area contributed by atoms with Crippen LogP contribution in [0.3, 0.4) is 0 Å². The summed E-state index contributed by atoms with van der Waals surface area (Å²) in [5.41, 5.74) is 1.84. The molecular formula is C16H23N3O2. The lowest BCUT2D eigenvalue weighted by molar-refractivity contribution is -0.123. The predicted molar refractivity (Wildman–Crippen MR) is 83.2 cm³/mol. The van der Waals surface area contributed by atoms with Crippen molar-refractivity contribution in [2.75, 3.05) is 5.32 Å². The van der Waals surface area contributed by atoms with E-state index in [1.165, 1.54) is 12.8 Å². The fourth-order valence-electron chi connectivity index (χ4n) is 2.46. The summed E-state index contributed by atoms with van der Waals surface area (Å²) in [7, 11) is 0. The highest BCUT2D eigenvalue weighted by molar-refractivity contribution is 5.93. The molecule has 3 amide bonds. The highest BCUT2D eigenvalue weighted by Crippen LogP contribution is 2.17. The third-order valence-corrected chi connectivity index (χ3v) is 3.75. The molecule has 1 unspecified atom stereocenters. The van der Waals surface area contributed by atoms with Crippen molar-refractivity contribution < 1.29 is 9.59 Å². The van der Waals surface area contributed by atoms with Crippen LogP contribution >= 0.6 is 0 Å². The largest absolute Gasteiger partial charge is 0.352 e. The highest BCUT2D eigenvalue weighted by Gasteiger charge is 2.21. The van der Waals surface area contributed by atoms with E-state index in [9.17, 15) is 9.59 Å². The molecule has 0 heterocycles. The van der Waals surface area contributed by atoms with Gasteiger partial charge < -0.3 is 16.0 Å². The van der Waals surface area contributed by atoms with Gasteiger partial charge in [-0.15, -0.1) is 0 Å². The molecule has 3 N–H and O–H groups in total. The Hall–Kier alpha value is -2.04. The molecule has 0 aliphatic heterocycles. The molecule has 1 saturated carbocycles. The summed E-state index contributed by atoms with van der Waals surface area (Å²) in [6, 6.07) is 6.86. The van der Waals surface area contributed by atoms with Crippen molar-refractivity contribution in [1.29, 1.82) is 0 Å². The predicted octanol–water partition coefficient (Wildman–Crippen LogP) is 2.56. The van der Waals surface area contributed by atoms with E-state index in [0.717, 1.165) is 18.4 Å². The Morgan fingerprint density at radius 3 is 2.38 bits per heavy atom. The van der Waals surface area contributed by atoms with Gasteiger partial charge in [-0.25, -0.2) is 4.79 Å². The number of amides is 3. The second-order valence-corrected chi connectivity index (χ2v) is 5.68. The molecule has 1 atom stereocenters. The number of hydrogen-bond donors (Lipinski definition) is 3. The van der Waals surface area contributed by atoms with Gasteiger partial charge in [0.25, 0.3) is 0 Å². The van der Waals surface area contributed by atoms with Gasteiger partial charge >= 0.3 is 6.03 Å². The summed E-state index contributed by atoms with van der Waals surface area (Å²) >= 11 is 0. The van der Waals surface area contributed by atoms with E-state index < -0.39 is 6.04 Å². The number of carbonyl (C=O) groups excluding carboxylic acids is 2. The number of urea groups is 1. The number of hydrogen-bond acceptors (Lipinski definition) is 2. The Kier molecular flexibility index (Phi) is 5.20. The van der Waals surface area contributed by atoms with Crippen LogP contribution in [0.2, 0.25) is 0 Å². The average Bonchev–Trinajstić information content (AvgIpc) is 2.94. The molecule has 0 saturated heterocycles. The Morgan fingerprint density at radius 1 is 1.14 bits per heavy atom. The van der Waals surface area contributed by atoms with Crippen LogP contribution in [0.15, 0.2) is 24.3 Å². The second-order valence-electron chi connectivity index (χ2n) is 5.68. The molecule has 5 nitrogen and oxygen atoms in total. The van der Waals surface area contributed by atoms with Gasteiger partial charge in [-0.2, -0.15) is 0 Å². The van der Waals surface area contributed by atoms with E-state index in [1.54, 1.807) is 6.92 Å². The molecule has 0 aromatic heterocycles. The minimum atomic E-state index is -0.545. The van der Waals surface area contributed by atoms with Crippen molar-refractivity contribution in [2.24, 2.45) is 0 Å². The Morgan fingerprint density at radius 2 is 1.76 bits per heavy atom. The lowest BCUT2D eigenvalue weighted by atomic mass is 10.2. The van der Waals surface area contributed by atoms with Gasteiger partial charge in [0.2, 0.25) is 5.91 Å². The van der Waals surface area contributed by atoms with Crippen molar-refractivity contribution in [2.45, 2.75) is 51.6 Å². The van der Waals surface area contributed by atoms with Gasteiger partial charge in [0.05, 0.1) is 0 Å². The molecule has 2 rings (SSSR count). The summed E-state index contributed by atoms with van der Waals surface area (Å²) in [6.07, 6.45) is 4.41. The molecule has 1 fully saturated rings. The smallest absolute Gasteiger partial charge is 0.319 e. The Balaban J connectivity index is 1.78. The summed E-state index contributed by atoms with van der Waals surface area (Å²) in [5.74, 6) is -0.124. The summed E-state index contributed by atoms with van der Waals surface area (Å²) < 4.78 is 0. The third-order valence-electron chi connectivity index (χ3n) is 3.75. The van der Waals surface area contributed by atoms with Crippen LogP contribution in [0.1, 0.15) is 38.2 Å². The zero-order valence-corrected chi connectivity index (χ0v) is 12.6. The van der Waals surface area contributed by atoms with Crippen molar-refractivity contribution in [3.05, 3.63) is 29.8 Å². The number of anilines is 1. The molecule has 114 valence electrons. The molecule has 0 bridgehead atoms. The van der Waals surface area contributed by atoms with Gasteiger partial charge in [-0.1, -0.05) is 30.5 Å². The topological polar surface area (TPSA) is 70.2 Å². The number of benzene rings is 1. The van der Waals surface area contributed by atoms with Gasteiger partial charge in [0, 0.05) is 11.7 Å². The monoisotopic (exact) mass is 289 g/mol. The minimum absolute atomic E-state index is 0.124. The molecule has 5 heteroatoms. The van der Waals surface area contributed by atoms with Crippen LogP contribution < -0.4 is 16.0 Å². The SMILES string of the molecule is Cc1ccc(NC(=O)NC(C)C(=O)NC2CCCC2)cc1. The van der Waals surface area contributed by atoms with Gasteiger partial charge in [-0.3, -0.25) is 4.79 Å². The molecule has 1 aromatic rings. The number of carbonyl (C=O) groups is 2. The average molecular weight is 289 g/mol. The number of rotatable bonds is 4. The summed E-state index contributed by atoms with van der Waals surface area (Å²) in [4.78, 5) is 23.8. The normalized spacial score (nSPS) is 16.3. The molecule has 0 spiro atoms. The van der Waals surface area contributed by atoms with E-state index in [-0.39, 0.29) is 18.0 Å². The van der Waals surface area contributed by atoms with Gasteiger partial charge in [0.15, 0.2) is 0 Å². The quantitative estimate of drug-likeness (QED) is 0.797.